The lowest BCUT2D eigenvalue weighted by Crippen LogP contribution is -2.14. The van der Waals surface area contributed by atoms with Crippen molar-refractivity contribution in [3.63, 3.8) is 0 Å². The number of carbonyl (C=O) groups is 2. The number of ketones is 1. The van der Waals surface area contributed by atoms with Gasteiger partial charge < -0.3 is 19.7 Å². The molecule has 0 unspecified atom stereocenters. The highest BCUT2D eigenvalue weighted by Crippen LogP contribution is 2.42. The second-order valence-electron chi connectivity index (χ2n) is 2.95. The summed E-state index contributed by atoms with van der Waals surface area (Å²) in [5, 5.41) is 18.2. The van der Waals surface area contributed by atoms with Gasteiger partial charge in [0.15, 0.2) is 11.5 Å². The molecule has 17 heavy (non-hydrogen) atoms. The summed E-state index contributed by atoms with van der Waals surface area (Å²) in [6.45, 7) is 0. The molecule has 0 bridgehead atoms. The molecule has 0 aromatic heterocycles. The summed E-state index contributed by atoms with van der Waals surface area (Å²) in [5.74, 6) is -3.10. The third-order valence-electron chi connectivity index (χ3n) is 2.01. The molecule has 0 atom stereocenters. The van der Waals surface area contributed by atoms with Crippen molar-refractivity contribution < 1.29 is 29.3 Å². The Hall–Kier alpha value is -1.76. The maximum atomic E-state index is 11.4. The molecule has 0 aliphatic heterocycles. The maximum Gasteiger partial charge on any atom is 0.377 e. The molecule has 1 rings (SSSR count). The van der Waals surface area contributed by atoms with Gasteiger partial charge in [0.05, 0.1) is 24.3 Å². The number of hydrogen-bond acceptors (Lipinski definition) is 5. The predicted octanol–water partition coefficient (Wildman–Crippen LogP) is 1.44. The first-order chi connectivity index (χ1) is 7.93. The molecule has 7 heteroatoms. The lowest BCUT2D eigenvalue weighted by Gasteiger charge is -2.13. The maximum absolute atomic E-state index is 11.4. The Balaban J connectivity index is 3.52. The summed E-state index contributed by atoms with van der Waals surface area (Å²) < 4.78 is 9.92. The molecule has 2 N–H and O–H groups in total. The number of benzene rings is 1. The number of carboxylic acid groups (broad SMARTS) is 1. The molecule has 6 nitrogen and oxygen atoms in total. The zero-order chi connectivity index (χ0) is 13.2. The number of carboxylic acids is 1. The van der Waals surface area contributed by atoms with Crippen molar-refractivity contribution in [2.75, 3.05) is 14.2 Å². The molecule has 0 saturated carbocycles. The van der Waals surface area contributed by atoms with Gasteiger partial charge in [-0.1, -0.05) is 0 Å². The molecule has 0 spiro atoms. The molecule has 92 valence electrons. The summed E-state index contributed by atoms with van der Waals surface area (Å²) >= 11 is 3.00. The van der Waals surface area contributed by atoms with Crippen LogP contribution in [0.15, 0.2) is 10.5 Å². The Labute approximate surface area is 105 Å². The smallest absolute Gasteiger partial charge is 0.377 e. The average Bonchev–Trinajstić information content (AvgIpc) is 2.27. The van der Waals surface area contributed by atoms with Crippen LogP contribution in [0.2, 0.25) is 0 Å². The van der Waals surface area contributed by atoms with E-state index in [-0.39, 0.29) is 21.5 Å². The number of aliphatic carboxylic acids is 1. The van der Waals surface area contributed by atoms with Crippen LogP contribution in [0.1, 0.15) is 10.4 Å². The van der Waals surface area contributed by atoms with Crippen LogP contribution in [0.3, 0.4) is 0 Å². The van der Waals surface area contributed by atoms with Crippen molar-refractivity contribution in [2.45, 2.75) is 0 Å². The number of aromatic hydroxyl groups is 1. The first-order valence-electron chi connectivity index (χ1n) is 4.35. The Morgan fingerprint density at radius 1 is 1.29 bits per heavy atom. The van der Waals surface area contributed by atoms with E-state index in [1.165, 1.54) is 14.2 Å². The standard InChI is InChI=1S/C10H9BrO6/c1-16-5-3-4(12)6(8(13)10(14)15)7(11)9(5)17-2/h3,12H,1-2H3,(H,14,15). The SMILES string of the molecule is COc1cc(O)c(C(=O)C(=O)O)c(Br)c1OC. The second kappa shape index (κ2) is 5.05. The van der Waals surface area contributed by atoms with Gasteiger partial charge in [-0.25, -0.2) is 4.79 Å². The Morgan fingerprint density at radius 3 is 2.29 bits per heavy atom. The third kappa shape index (κ3) is 2.33. The molecule has 0 heterocycles. The van der Waals surface area contributed by atoms with Gasteiger partial charge in [-0.05, 0) is 15.9 Å². The van der Waals surface area contributed by atoms with Gasteiger partial charge in [0.2, 0.25) is 0 Å². The van der Waals surface area contributed by atoms with Gasteiger partial charge in [0.1, 0.15) is 5.75 Å². The van der Waals surface area contributed by atoms with Crippen LogP contribution in [-0.4, -0.2) is 36.2 Å². The Bertz CT molecular complexity index is 482. The first kappa shape index (κ1) is 13.3. The van der Waals surface area contributed by atoms with Crippen molar-refractivity contribution in [1.82, 2.24) is 0 Å². The molecular weight excluding hydrogens is 296 g/mol. The van der Waals surface area contributed by atoms with Gasteiger partial charge in [-0.3, -0.25) is 4.79 Å². The lowest BCUT2D eigenvalue weighted by molar-refractivity contribution is -0.131. The van der Waals surface area contributed by atoms with Gasteiger partial charge in [0, 0.05) is 6.07 Å². The van der Waals surface area contributed by atoms with Crippen LogP contribution in [0.4, 0.5) is 0 Å². The molecular formula is C10H9BrO6. The minimum Gasteiger partial charge on any atom is -0.507 e. The zero-order valence-electron chi connectivity index (χ0n) is 8.98. The highest BCUT2D eigenvalue weighted by atomic mass is 79.9. The fraction of sp³-hybridized carbons (Fsp3) is 0.200. The zero-order valence-corrected chi connectivity index (χ0v) is 10.6. The van der Waals surface area contributed by atoms with Gasteiger partial charge in [0.25, 0.3) is 5.78 Å². The summed E-state index contributed by atoms with van der Waals surface area (Å²) in [6.07, 6.45) is 0. The number of phenols is 1. The molecule has 0 aliphatic rings. The predicted molar refractivity (Wildman–Crippen MR) is 60.9 cm³/mol. The first-order valence-corrected chi connectivity index (χ1v) is 5.14. The van der Waals surface area contributed by atoms with E-state index >= 15 is 0 Å². The number of rotatable bonds is 4. The molecule has 0 radical (unpaired) electrons. The van der Waals surface area contributed by atoms with E-state index < -0.39 is 17.5 Å². The number of Topliss-reactive ketones (excluding diaryl/α,β-unsaturated/α-hetero) is 1. The number of phenolic OH excluding ortho intramolecular Hbond substituents is 1. The van der Waals surface area contributed by atoms with Crippen LogP contribution in [0.5, 0.6) is 17.2 Å². The molecule has 0 amide bonds. The average molecular weight is 305 g/mol. The van der Waals surface area contributed by atoms with Crippen LogP contribution in [0, 0.1) is 0 Å². The molecule has 1 aromatic rings. The summed E-state index contributed by atoms with van der Waals surface area (Å²) in [6, 6.07) is 1.11. The van der Waals surface area contributed by atoms with Crippen molar-refractivity contribution in [3.8, 4) is 17.2 Å². The van der Waals surface area contributed by atoms with E-state index in [1.807, 2.05) is 0 Å². The summed E-state index contributed by atoms with van der Waals surface area (Å²) in [4.78, 5) is 22.0. The third-order valence-corrected chi connectivity index (χ3v) is 2.77. The lowest BCUT2D eigenvalue weighted by atomic mass is 10.1. The molecule has 0 saturated heterocycles. The van der Waals surface area contributed by atoms with Crippen molar-refractivity contribution in [2.24, 2.45) is 0 Å². The van der Waals surface area contributed by atoms with E-state index in [0.29, 0.717) is 0 Å². The van der Waals surface area contributed by atoms with Gasteiger partial charge in [-0.2, -0.15) is 0 Å². The van der Waals surface area contributed by atoms with E-state index in [9.17, 15) is 14.7 Å². The Morgan fingerprint density at radius 2 is 1.88 bits per heavy atom. The minimum absolute atomic E-state index is 0.0317. The van der Waals surface area contributed by atoms with E-state index in [0.717, 1.165) is 6.07 Å². The topological polar surface area (TPSA) is 93.1 Å². The number of carbonyl (C=O) groups excluding carboxylic acids is 1. The number of methoxy groups -OCH3 is 2. The van der Waals surface area contributed by atoms with E-state index in [1.54, 1.807) is 0 Å². The Kier molecular flexibility index (Phi) is 3.95. The quantitative estimate of drug-likeness (QED) is 0.646. The van der Waals surface area contributed by atoms with Crippen molar-refractivity contribution in [1.29, 1.82) is 0 Å². The number of ether oxygens (including phenoxy) is 2. The van der Waals surface area contributed by atoms with Gasteiger partial charge >= 0.3 is 5.97 Å². The van der Waals surface area contributed by atoms with Crippen molar-refractivity contribution in [3.05, 3.63) is 16.1 Å². The monoisotopic (exact) mass is 304 g/mol. The fourth-order valence-corrected chi connectivity index (χ4v) is 2.00. The second-order valence-corrected chi connectivity index (χ2v) is 3.75. The fourth-order valence-electron chi connectivity index (χ4n) is 1.26. The summed E-state index contributed by atoms with van der Waals surface area (Å²) in [5.41, 5.74) is -0.379. The van der Waals surface area contributed by atoms with Crippen LogP contribution >= 0.6 is 15.9 Å². The minimum atomic E-state index is -1.67. The van der Waals surface area contributed by atoms with Crippen LogP contribution in [0.25, 0.3) is 0 Å². The summed E-state index contributed by atoms with van der Waals surface area (Å²) in [7, 11) is 2.68. The normalized spacial score (nSPS) is 9.82. The van der Waals surface area contributed by atoms with Crippen molar-refractivity contribution >= 4 is 27.7 Å². The largest absolute Gasteiger partial charge is 0.507 e. The molecule has 1 aromatic carbocycles. The van der Waals surface area contributed by atoms with Gasteiger partial charge in [-0.15, -0.1) is 0 Å². The molecule has 0 aliphatic carbocycles. The highest BCUT2D eigenvalue weighted by Gasteiger charge is 2.26. The van der Waals surface area contributed by atoms with E-state index in [2.05, 4.69) is 15.9 Å². The number of halogens is 1. The van der Waals surface area contributed by atoms with E-state index in [4.69, 9.17) is 14.6 Å². The van der Waals surface area contributed by atoms with Crippen LogP contribution < -0.4 is 9.47 Å². The van der Waals surface area contributed by atoms with Crippen LogP contribution in [-0.2, 0) is 4.79 Å². The number of hydrogen-bond donors (Lipinski definition) is 2. The molecule has 0 fully saturated rings. The highest BCUT2D eigenvalue weighted by molar-refractivity contribution is 9.10.